The third-order valence-corrected chi connectivity index (χ3v) is 5.22. The fraction of sp³-hybridized carbons (Fsp3) is 0.0400. The Morgan fingerprint density at radius 1 is 0.423 bits per heavy atom. The molecule has 0 saturated carbocycles. The van der Waals surface area contributed by atoms with Crippen molar-refractivity contribution in [2.24, 2.45) is 0 Å². The molecule has 0 radical (unpaired) electrons. The molecule has 4 aromatic rings. The van der Waals surface area contributed by atoms with Crippen molar-refractivity contribution in [1.82, 2.24) is 0 Å². The molecule has 0 unspecified atom stereocenters. The number of ether oxygens (including phenoxy) is 1. The van der Waals surface area contributed by atoms with Crippen LogP contribution in [0.2, 0.25) is 0 Å². The number of para-hydroxylation sites is 2. The monoisotopic (exact) mass is 334 g/mol. The van der Waals surface area contributed by atoms with E-state index in [1.807, 2.05) is 12.1 Å². The van der Waals surface area contributed by atoms with E-state index in [1.165, 1.54) is 22.3 Å². The van der Waals surface area contributed by atoms with Gasteiger partial charge in [0.25, 0.3) is 0 Å². The lowest BCUT2D eigenvalue weighted by molar-refractivity contribution is 0.434. The van der Waals surface area contributed by atoms with E-state index >= 15 is 0 Å². The number of rotatable bonds is 2. The molecule has 5 rings (SSSR count). The largest absolute Gasteiger partial charge is 0.457 e. The molecule has 0 N–H and O–H groups in total. The SMILES string of the molecule is c1ccc(C2(c3ccccc3)c3ccccc3Oc3ccccc32)cc1. The summed E-state index contributed by atoms with van der Waals surface area (Å²) in [6.45, 7) is 0. The topological polar surface area (TPSA) is 9.23 Å². The summed E-state index contributed by atoms with van der Waals surface area (Å²) in [7, 11) is 0. The van der Waals surface area contributed by atoms with E-state index in [0.717, 1.165) is 11.5 Å². The average molecular weight is 334 g/mol. The molecule has 1 aliphatic rings. The number of benzene rings is 4. The van der Waals surface area contributed by atoms with E-state index in [1.54, 1.807) is 0 Å². The fourth-order valence-electron chi connectivity index (χ4n) is 4.16. The van der Waals surface area contributed by atoms with Crippen LogP contribution >= 0.6 is 0 Å². The van der Waals surface area contributed by atoms with Crippen LogP contribution in [-0.2, 0) is 5.41 Å². The van der Waals surface area contributed by atoms with Crippen LogP contribution in [-0.4, -0.2) is 0 Å². The summed E-state index contributed by atoms with van der Waals surface area (Å²) in [6, 6.07) is 38.2. The summed E-state index contributed by atoms with van der Waals surface area (Å²) in [4.78, 5) is 0. The first kappa shape index (κ1) is 15.0. The molecular weight excluding hydrogens is 316 g/mol. The number of fused-ring (bicyclic) bond motifs is 2. The van der Waals surface area contributed by atoms with Crippen molar-refractivity contribution < 1.29 is 4.74 Å². The van der Waals surface area contributed by atoms with Gasteiger partial charge in [-0.2, -0.15) is 0 Å². The Balaban J connectivity index is 1.97. The molecular formula is C25H18O. The molecule has 0 atom stereocenters. The summed E-state index contributed by atoms with van der Waals surface area (Å²) in [5, 5.41) is 0. The second kappa shape index (κ2) is 5.89. The Morgan fingerprint density at radius 3 is 1.27 bits per heavy atom. The van der Waals surface area contributed by atoms with Gasteiger partial charge in [0.1, 0.15) is 11.5 Å². The standard InChI is InChI=1S/C25H18O/c1-3-11-19(12-4-1)25(20-13-5-2-6-14-20)21-15-7-9-17-23(21)26-24-18-10-8-16-22(24)25/h1-18H. The molecule has 0 aliphatic carbocycles. The maximum Gasteiger partial charge on any atom is 0.132 e. The first-order valence-electron chi connectivity index (χ1n) is 8.88. The van der Waals surface area contributed by atoms with Crippen LogP contribution in [0.25, 0.3) is 0 Å². The quantitative estimate of drug-likeness (QED) is 0.375. The summed E-state index contributed by atoms with van der Waals surface area (Å²) < 4.78 is 6.28. The minimum atomic E-state index is -0.395. The van der Waals surface area contributed by atoms with Gasteiger partial charge in [-0.25, -0.2) is 0 Å². The van der Waals surface area contributed by atoms with Gasteiger partial charge < -0.3 is 4.74 Å². The van der Waals surface area contributed by atoms with E-state index in [9.17, 15) is 0 Å². The van der Waals surface area contributed by atoms with Crippen LogP contribution < -0.4 is 4.74 Å². The van der Waals surface area contributed by atoms with Gasteiger partial charge in [-0.15, -0.1) is 0 Å². The Bertz CT molecular complexity index is 965. The van der Waals surface area contributed by atoms with Crippen LogP contribution in [0.5, 0.6) is 11.5 Å². The predicted molar refractivity (Wildman–Crippen MR) is 105 cm³/mol. The van der Waals surface area contributed by atoms with Crippen molar-refractivity contribution in [3.8, 4) is 11.5 Å². The van der Waals surface area contributed by atoms with E-state index < -0.39 is 5.41 Å². The van der Waals surface area contributed by atoms with Crippen LogP contribution in [0.1, 0.15) is 22.3 Å². The Kier molecular flexibility index (Phi) is 3.39. The highest BCUT2D eigenvalue weighted by atomic mass is 16.5. The van der Waals surface area contributed by atoms with Gasteiger partial charge in [0.2, 0.25) is 0 Å². The molecule has 124 valence electrons. The molecule has 0 bridgehead atoms. The predicted octanol–water partition coefficient (Wildman–Crippen LogP) is 6.18. The maximum atomic E-state index is 6.28. The number of hydrogen-bond donors (Lipinski definition) is 0. The Labute approximate surface area is 153 Å². The highest BCUT2D eigenvalue weighted by molar-refractivity contribution is 5.68. The molecule has 1 heterocycles. The molecule has 26 heavy (non-hydrogen) atoms. The van der Waals surface area contributed by atoms with E-state index in [4.69, 9.17) is 4.74 Å². The van der Waals surface area contributed by atoms with Gasteiger partial charge >= 0.3 is 0 Å². The van der Waals surface area contributed by atoms with Gasteiger partial charge in [0.15, 0.2) is 0 Å². The van der Waals surface area contributed by atoms with Crippen molar-refractivity contribution in [3.05, 3.63) is 131 Å². The van der Waals surface area contributed by atoms with Gasteiger partial charge in [0.05, 0.1) is 5.41 Å². The van der Waals surface area contributed by atoms with Gasteiger partial charge in [0, 0.05) is 11.1 Å². The molecule has 0 spiro atoms. The van der Waals surface area contributed by atoms with E-state index in [0.29, 0.717) is 0 Å². The first-order chi connectivity index (χ1) is 12.9. The van der Waals surface area contributed by atoms with Crippen LogP contribution in [0.15, 0.2) is 109 Å². The zero-order valence-corrected chi connectivity index (χ0v) is 14.3. The lowest BCUT2D eigenvalue weighted by atomic mass is 9.64. The second-order valence-electron chi connectivity index (χ2n) is 6.58. The smallest absolute Gasteiger partial charge is 0.132 e. The van der Waals surface area contributed by atoms with Crippen molar-refractivity contribution in [2.45, 2.75) is 5.41 Å². The highest BCUT2D eigenvalue weighted by Crippen LogP contribution is 2.54. The molecule has 1 aliphatic heterocycles. The first-order valence-corrected chi connectivity index (χ1v) is 8.88. The maximum absolute atomic E-state index is 6.28. The summed E-state index contributed by atoms with van der Waals surface area (Å²) in [6.07, 6.45) is 0. The summed E-state index contributed by atoms with van der Waals surface area (Å²) in [5.74, 6) is 1.83. The van der Waals surface area contributed by atoms with E-state index in [2.05, 4.69) is 97.1 Å². The minimum Gasteiger partial charge on any atom is -0.457 e. The summed E-state index contributed by atoms with van der Waals surface area (Å²) in [5.41, 5.74) is 4.45. The Morgan fingerprint density at radius 2 is 0.808 bits per heavy atom. The third-order valence-electron chi connectivity index (χ3n) is 5.22. The molecule has 1 heteroatoms. The fourth-order valence-corrected chi connectivity index (χ4v) is 4.16. The van der Waals surface area contributed by atoms with Gasteiger partial charge in [-0.1, -0.05) is 97.1 Å². The van der Waals surface area contributed by atoms with Crippen molar-refractivity contribution >= 4 is 0 Å². The molecule has 0 saturated heterocycles. The summed E-state index contributed by atoms with van der Waals surface area (Å²) >= 11 is 0. The third kappa shape index (κ3) is 2.04. The zero-order valence-electron chi connectivity index (χ0n) is 14.3. The minimum absolute atomic E-state index is 0.395. The van der Waals surface area contributed by atoms with Crippen molar-refractivity contribution in [1.29, 1.82) is 0 Å². The van der Waals surface area contributed by atoms with Gasteiger partial charge in [-0.05, 0) is 23.3 Å². The van der Waals surface area contributed by atoms with Crippen LogP contribution in [0.3, 0.4) is 0 Å². The van der Waals surface area contributed by atoms with Crippen molar-refractivity contribution in [3.63, 3.8) is 0 Å². The zero-order chi connectivity index (χ0) is 17.4. The number of hydrogen-bond acceptors (Lipinski definition) is 1. The lowest BCUT2D eigenvalue weighted by Crippen LogP contribution is -2.34. The van der Waals surface area contributed by atoms with Gasteiger partial charge in [-0.3, -0.25) is 0 Å². The second-order valence-corrected chi connectivity index (χ2v) is 6.58. The lowest BCUT2D eigenvalue weighted by Gasteiger charge is -2.41. The highest BCUT2D eigenvalue weighted by Gasteiger charge is 2.44. The van der Waals surface area contributed by atoms with Crippen LogP contribution in [0, 0.1) is 0 Å². The molecule has 0 aromatic heterocycles. The van der Waals surface area contributed by atoms with E-state index in [-0.39, 0.29) is 0 Å². The van der Waals surface area contributed by atoms with Crippen LogP contribution in [0.4, 0.5) is 0 Å². The average Bonchev–Trinajstić information content (AvgIpc) is 2.73. The molecule has 0 amide bonds. The Hall–Kier alpha value is -3.32. The normalized spacial score (nSPS) is 14.0. The molecule has 0 fully saturated rings. The molecule has 4 aromatic carbocycles. The molecule has 1 nitrogen and oxygen atoms in total. The van der Waals surface area contributed by atoms with Crippen molar-refractivity contribution in [2.75, 3.05) is 0 Å².